The topological polar surface area (TPSA) is 33.2 Å². The van der Waals surface area contributed by atoms with E-state index in [2.05, 4.69) is 23.7 Å². The standard InChI is InChI=1S/C14H22N2O/c1-5-16(6-2)14(3,4)13(17)10-12-8-7-9-15-11-12/h7-9,11H,5-6,10H2,1-4H3. The maximum atomic E-state index is 12.3. The Hall–Kier alpha value is -1.22. The predicted octanol–water partition coefficient (Wildman–Crippen LogP) is 2.31. The molecule has 0 radical (unpaired) electrons. The minimum Gasteiger partial charge on any atom is -0.297 e. The molecule has 0 N–H and O–H groups in total. The van der Waals surface area contributed by atoms with Gasteiger partial charge in [-0.1, -0.05) is 19.9 Å². The number of carbonyl (C=O) groups excluding carboxylic acids is 1. The Morgan fingerprint density at radius 1 is 1.35 bits per heavy atom. The van der Waals surface area contributed by atoms with Gasteiger partial charge in [-0.2, -0.15) is 0 Å². The lowest BCUT2D eigenvalue weighted by Crippen LogP contribution is -2.50. The van der Waals surface area contributed by atoms with Gasteiger partial charge in [0, 0.05) is 18.8 Å². The molecule has 17 heavy (non-hydrogen) atoms. The maximum Gasteiger partial charge on any atom is 0.156 e. The van der Waals surface area contributed by atoms with Crippen LogP contribution in [-0.2, 0) is 11.2 Å². The van der Waals surface area contributed by atoms with Gasteiger partial charge in [0.15, 0.2) is 5.78 Å². The van der Waals surface area contributed by atoms with Crippen LogP contribution in [-0.4, -0.2) is 34.3 Å². The van der Waals surface area contributed by atoms with Gasteiger partial charge in [0.05, 0.1) is 5.54 Å². The number of likely N-dealkylation sites (N-methyl/N-ethyl adjacent to an activating group) is 1. The SMILES string of the molecule is CCN(CC)C(C)(C)C(=O)Cc1cccnc1. The van der Waals surface area contributed by atoms with Crippen LogP contribution in [0.4, 0.5) is 0 Å². The zero-order valence-electron chi connectivity index (χ0n) is 11.2. The fourth-order valence-electron chi connectivity index (χ4n) is 2.09. The second-order valence-electron chi connectivity index (χ2n) is 4.69. The van der Waals surface area contributed by atoms with Gasteiger partial charge in [-0.15, -0.1) is 0 Å². The number of pyridine rings is 1. The molecule has 1 aromatic rings. The van der Waals surface area contributed by atoms with E-state index in [1.807, 2.05) is 26.0 Å². The number of rotatable bonds is 6. The van der Waals surface area contributed by atoms with Gasteiger partial charge in [0.25, 0.3) is 0 Å². The van der Waals surface area contributed by atoms with E-state index in [1.54, 1.807) is 12.4 Å². The maximum absolute atomic E-state index is 12.3. The number of ketones is 1. The van der Waals surface area contributed by atoms with Gasteiger partial charge in [-0.25, -0.2) is 0 Å². The molecular formula is C14H22N2O. The molecule has 0 spiro atoms. The average molecular weight is 234 g/mol. The summed E-state index contributed by atoms with van der Waals surface area (Å²) in [6, 6.07) is 3.82. The first-order chi connectivity index (χ1) is 8.02. The third-order valence-electron chi connectivity index (χ3n) is 3.32. The summed E-state index contributed by atoms with van der Waals surface area (Å²) in [7, 11) is 0. The molecule has 0 saturated heterocycles. The molecule has 0 atom stereocenters. The first-order valence-electron chi connectivity index (χ1n) is 6.19. The summed E-state index contributed by atoms with van der Waals surface area (Å²) >= 11 is 0. The van der Waals surface area contributed by atoms with Crippen molar-refractivity contribution in [3.05, 3.63) is 30.1 Å². The predicted molar refractivity (Wildman–Crippen MR) is 69.9 cm³/mol. The van der Waals surface area contributed by atoms with Crippen LogP contribution in [0.15, 0.2) is 24.5 Å². The summed E-state index contributed by atoms with van der Waals surface area (Å²) in [5.41, 5.74) is 0.581. The molecule has 0 aliphatic carbocycles. The fourth-order valence-corrected chi connectivity index (χ4v) is 2.09. The van der Waals surface area contributed by atoms with Crippen molar-refractivity contribution in [3.63, 3.8) is 0 Å². The Morgan fingerprint density at radius 3 is 2.47 bits per heavy atom. The van der Waals surface area contributed by atoms with Gasteiger partial charge < -0.3 is 0 Å². The van der Waals surface area contributed by atoms with Gasteiger partial charge in [0.2, 0.25) is 0 Å². The first kappa shape index (κ1) is 13.8. The van der Waals surface area contributed by atoms with Crippen LogP contribution >= 0.6 is 0 Å². The highest BCUT2D eigenvalue weighted by Gasteiger charge is 2.32. The molecule has 1 aromatic heterocycles. The van der Waals surface area contributed by atoms with Crippen LogP contribution in [0.2, 0.25) is 0 Å². The molecule has 0 aliphatic heterocycles. The Bertz CT molecular complexity index is 356. The molecule has 0 bridgehead atoms. The summed E-state index contributed by atoms with van der Waals surface area (Å²) < 4.78 is 0. The number of hydrogen-bond acceptors (Lipinski definition) is 3. The van der Waals surface area contributed by atoms with E-state index in [1.165, 1.54) is 0 Å². The minimum atomic E-state index is -0.403. The van der Waals surface area contributed by atoms with E-state index in [9.17, 15) is 4.79 Å². The summed E-state index contributed by atoms with van der Waals surface area (Å²) in [4.78, 5) is 18.5. The normalized spacial score (nSPS) is 11.8. The van der Waals surface area contributed by atoms with Gasteiger partial charge in [-0.3, -0.25) is 14.7 Å². The van der Waals surface area contributed by atoms with Crippen LogP contribution < -0.4 is 0 Å². The lowest BCUT2D eigenvalue weighted by molar-refractivity contribution is -0.128. The third kappa shape index (κ3) is 3.37. The molecule has 1 heterocycles. The molecule has 1 rings (SSSR count). The molecular weight excluding hydrogens is 212 g/mol. The van der Waals surface area contributed by atoms with Crippen molar-refractivity contribution in [2.24, 2.45) is 0 Å². The highest BCUT2D eigenvalue weighted by Crippen LogP contribution is 2.17. The summed E-state index contributed by atoms with van der Waals surface area (Å²) in [5, 5.41) is 0. The van der Waals surface area contributed by atoms with E-state index in [0.717, 1.165) is 18.7 Å². The number of nitrogens with zero attached hydrogens (tertiary/aromatic N) is 2. The number of Topliss-reactive ketones (excluding diaryl/α,β-unsaturated/α-hetero) is 1. The van der Waals surface area contributed by atoms with Gasteiger partial charge >= 0.3 is 0 Å². The number of aromatic nitrogens is 1. The second-order valence-corrected chi connectivity index (χ2v) is 4.69. The summed E-state index contributed by atoms with van der Waals surface area (Å²) in [6.45, 7) is 9.95. The van der Waals surface area contributed by atoms with Crippen molar-refractivity contribution >= 4 is 5.78 Å². The lowest BCUT2D eigenvalue weighted by Gasteiger charge is -2.35. The van der Waals surface area contributed by atoms with Crippen molar-refractivity contribution in [1.82, 2.24) is 9.88 Å². The van der Waals surface area contributed by atoms with Crippen LogP contribution in [0.1, 0.15) is 33.3 Å². The van der Waals surface area contributed by atoms with Crippen molar-refractivity contribution in [3.8, 4) is 0 Å². The largest absolute Gasteiger partial charge is 0.297 e. The molecule has 3 nitrogen and oxygen atoms in total. The fraction of sp³-hybridized carbons (Fsp3) is 0.571. The molecule has 3 heteroatoms. The van der Waals surface area contributed by atoms with E-state index in [0.29, 0.717) is 6.42 Å². The summed E-state index contributed by atoms with van der Waals surface area (Å²) in [6.07, 6.45) is 3.94. The molecule has 0 saturated carbocycles. The van der Waals surface area contributed by atoms with Crippen molar-refractivity contribution in [2.45, 2.75) is 39.7 Å². The molecule has 0 amide bonds. The van der Waals surface area contributed by atoms with Crippen LogP contribution in [0, 0.1) is 0 Å². The second kappa shape index (κ2) is 5.92. The van der Waals surface area contributed by atoms with Crippen molar-refractivity contribution in [1.29, 1.82) is 0 Å². The quantitative estimate of drug-likeness (QED) is 0.757. The van der Waals surface area contributed by atoms with E-state index in [4.69, 9.17) is 0 Å². The van der Waals surface area contributed by atoms with Gasteiger partial charge in [-0.05, 0) is 38.6 Å². The van der Waals surface area contributed by atoms with Crippen LogP contribution in [0.3, 0.4) is 0 Å². The number of carbonyl (C=O) groups is 1. The monoisotopic (exact) mass is 234 g/mol. The van der Waals surface area contributed by atoms with Crippen LogP contribution in [0.5, 0.6) is 0 Å². The van der Waals surface area contributed by atoms with Crippen LogP contribution in [0.25, 0.3) is 0 Å². The highest BCUT2D eigenvalue weighted by atomic mass is 16.1. The average Bonchev–Trinajstić information content (AvgIpc) is 2.31. The molecule has 0 unspecified atom stereocenters. The van der Waals surface area contributed by atoms with E-state index >= 15 is 0 Å². The Kier molecular flexibility index (Phi) is 4.82. The Labute approximate surface area is 104 Å². The molecule has 94 valence electrons. The molecule has 0 aliphatic rings. The third-order valence-corrected chi connectivity index (χ3v) is 3.32. The Morgan fingerprint density at radius 2 is 2.00 bits per heavy atom. The lowest BCUT2D eigenvalue weighted by atomic mass is 9.92. The first-order valence-corrected chi connectivity index (χ1v) is 6.19. The minimum absolute atomic E-state index is 0.245. The Balaban J connectivity index is 2.76. The van der Waals surface area contributed by atoms with Gasteiger partial charge in [0.1, 0.15) is 0 Å². The van der Waals surface area contributed by atoms with Crippen molar-refractivity contribution in [2.75, 3.05) is 13.1 Å². The highest BCUT2D eigenvalue weighted by molar-refractivity contribution is 5.89. The van der Waals surface area contributed by atoms with E-state index < -0.39 is 5.54 Å². The van der Waals surface area contributed by atoms with E-state index in [-0.39, 0.29) is 5.78 Å². The molecule has 0 fully saturated rings. The molecule has 0 aromatic carbocycles. The smallest absolute Gasteiger partial charge is 0.156 e. The van der Waals surface area contributed by atoms with Crippen molar-refractivity contribution < 1.29 is 4.79 Å². The number of hydrogen-bond donors (Lipinski definition) is 0. The summed E-state index contributed by atoms with van der Waals surface area (Å²) in [5.74, 6) is 0.245. The zero-order valence-corrected chi connectivity index (χ0v) is 11.2. The zero-order chi connectivity index (χ0) is 12.9.